The van der Waals surface area contributed by atoms with Crippen molar-refractivity contribution in [1.29, 1.82) is 0 Å². The average Bonchev–Trinajstić information content (AvgIpc) is 3.36. The van der Waals surface area contributed by atoms with E-state index in [1.54, 1.807) is 25.7 Å². The summed E-state index contributed by atoms with van der Waals surface area (Å²) in [6.07, 6.45) is -3.84. The van der Waals surface area contributed by atoms with Crippen molar-refractivity contribution in [2.45, 2.75) is 97.0 Å². The number of quaternary nitrogens is 1. The van der Waals surface area contributed by atoms with Gasteiger partial charge >= 0.3 is 18.4 Å². The van der Waals surface area contributed by atoms with E-state index in [4.69, 9.17) is 10.5 Å². The summed E-state index contributed by atoms with van der Waals surface area (Å²) in [5, 5.41) is 17.6. The highest BCUT2D eigenvalue weighted by Crippen LogP contribution is 2.42. The van der Waals surface area contributed by atoms with Crippen LogP contribution in [0.15, 0.2) is 18.2 Å². The Hall–Kier alpha value is -4.14. The van der Waals surface area contributed by atoms with Crippen LogP contribution in [0.1, 0.15) is 98.8 Å². The number of nitrogens with two attached hydrogens (primary N) is 1. The summed E-state index contributed by atoms with van der Waals surface area (Å²) in [6.45, 7) is 9.96. The Morgan fingerprint density at radius 1 is 1.06 bits per heavy atom. The molecular weight excluding hydrogens is 633 g/mol. The maximum absolute atomic E-state index is 14.0. The molecule has 1 saturated carbocycles. The van der Waals surface area contributed by atoms with Gasteiger partial charge in [0.2, 0.25) is 0 Å². The van der Waals surface area contributed by atoms with Crippen molar-refractivity contribution in [3.8, 4) is 5.69 Å². The summed E-state index contributed by atoms with van der Waals surface area (Å²) in [7, 11) is 0. The summed E-state index contributed by atoms with van der Waals surface area (Å²) in [5.41, 5.74) is 3.65. The number of alkyl halides is 3. The Labute approximate surface area is 277 Å². The lowest BCUT2D eigenvalue weighted by atomic mass is 9.75. The number of carbonyl (C=O) groups is 4. The van der Waals surface area contributed by atoms with Gasteiger partial charge in [-0.2, -0.15) is 23.1 Å². The number of fused-ring (bicyclic) bond motifs is 1. The van der Waals surface area contributed by atoms with Crippen LogP contribution in [0.4, 0.5) is 28.4 Å². The fourth-order valence-electron chi connectivity index (χ4n) is 7.34. The van der Waals surface area contributed by atoms with E-state index < -0.39 is 52.3 Å². The second kappa shape index (κ2) is 12.4. The number of amides is 3. The second-order valence-electron chi connectivity index (χ2n) is 15.0. The Morgan fingerprint density at radius 2 is 1.69 bits per heavy atom. The van der Waals surface area contributed by atoms with Crippen molar-refractivity contribution < 1.29 is 46.7 Å². The molecule has 0 radical (unpaired) electrons. The van der Waals surface area contributed by atoms with Crippen LogP contribution in [0.25, 0.3) is 5.69 Å². The number of carbonyl (C=O) groups excluding carboxylic acids is 3. The molecule has 5 rings (SSSR count). The number of anilines is 1. The summed E-state index contributed by atoms with van der Waals surface area (Å²) >= 11 is 0. The molecule has 2 heterocycles. The molecule has 262 valence electrons. The van der Waals surface area contributed by atoms with Crippen LogP contribution in [0.3, 0.4) is 0 Å². The molecule has 0 unspecified atom stereocenters. The van der Waals surface area contributed by atoms with E-state index in [0.29, 0.717) is 31.4 Å². The van der Waals surface area contributed by atoms with Crippen molar-refractivity contribution in [3.05, 3.63) is 40.7 Å². The Kier molecular flexibility index (Phi) is 9.08. The van der Waals surface area contributed by atoms with E-state index in [0.717, 1.165) is 4.68 Å². The fraction of sp³-hybridized carbons (Fsp3) is 0.606. The molecule has 1 aromatic carbocycles. The standard InChI is InChI=1S/C33H43F3N6O6/c1-31(2,3)48-29(45)40-12-14-42(15-13-40,30(46)47)21-9-6-19(7-10-21)38-23-16-20(8-11-22(23)28(37)44)41-24-17-32(4,5)18-25(43)26(24)27(39-41)33(34,35)36/h8,11,16,19,21H,6-7,9-10,12-15,17-18H2,1-5H3,(H3-,37,38,44,46,47)/p+1. The molecule has 0 atom stereocenters. The first-order valence-electron chi connectivity index (χ1n) is 16.2. The molecule has 2 aromatic rings. The lowest BCUT2D eigenvalue weighted by Crippen LogP contribution is -2.67. The third kappa shape index (κ3) is 7.01. The van der Waals surface area contributed by atoms with Crippen LogP contribution >= 0.6 is 0 Å². The molecule has 1 saturated heterocycles. The number of ether oxygens (including phenoxy) is 1. The molecule has 3 amide bonds. The topological polar surface area (TPSA) is 157 Å². The fourth-order valence-corrected chi connectivity index (χ4v) is 7.34. The molecule has 3 aliphatic rings. The number of primary amides is 1. The van der Waals surface area contributed by atoms with Gasteiger partial charge in [0.25, 0.3) is 5.91 Å². The van der Waals surface area contributed by atoms with Crippen molar-refractivity contribution in [2.75, 3.05) is 31.5 Å². The summed E-state index contributed by atoms with van der Waals surface area (Å²) < 4.78 is 48.5. The zero-order chi connectivity index (χ0) is 35.4. The van der Waals surface area contributed by atoms with E-state index in [-0.39, 0.29) is 72.5 Å². The Bertz CT molecular complexity index is 1610. The Balaban J connectivity index is 1.35. The second-order valence-corrected chi connectivity index (χ2v) is 15.0. The first kappa shape index (κ1) is 35.2. The lowest BCUT2D eigenvalue weighted by molar-refractivity contribution is -0.887. The lowest BCUT2D eigenvalue weighted by Gasteiger charge is -2.47. The number of aromatic nitrogens is 2. The van der Waals surface area contributed by atoms with Gasteiger partial charge in [0.1, 0.15) is 18.7 Å². The summed E-state index contributed by atoms with van der Waals surface area (Å²) in [6, 6.07) is 4.04. The van der Waals surface area contributed by atoms with Crippen LogP contribution in [0, 0.1) is 5.41 Å². The normalized spacial score (nSPS) is 22.5. The number of benzene rings is 1. The van der Waals surface area contributed by atoms with Gasteiger partial charge in [0.15, 0.2) is 11.5 Å². The number of nitrogens with one attached hydrogen (secondary N) is 1. The number of Topliss-reactive ketones (excluding diaryl/α,β-unsaturated/α-hetero) is 1. The van der Waals surface area contributed by atoms with Gasteiger partial charge in [-0.05, 0) is 63.6 Å². The zero-order valence-electron chi connectivity index (χ0n) is 27.9. The molecule has 48 heavy (non-hydrogen) atoms. The van der Waals surface area contributed by atoms with Crippen molar-refractivity contribution in [1.82, 2.24) is 14.7 Å². The SMILES string of the molecule is CC1(C)CC(=O)c2c(C(F)(F)F)nn(-c3ccc(C(N)=O)c(NC4CCC([N+]5(C(=O)O)CCN(C(=O)OC(C)(C)C)CC5)CC4)c3)c2C1. The number of carboxylic acid groups (broad SMARTS) is 1. The predicted octanol–water partition coefficient (Wildman–Crippen LogP) is 5.61. The van der Waals surface area contributed by atoms with Gasteiger partial charge in [0.05, 0.1) is 41.6 Å². The predicted molar refractivity (Wildman–Crippen MR) is 169 cm³/mol. The highest BCUT2D eigenvalue weighted by molar-refractivity contribution is 6.00. The quantitative estimate of drug-likeness (QED) is 0.345. The van der Waals surface area contributed by atoms with Gasteiger partial charge in [-0.1, -0.05) is 13.8 Å². The van der Waals surface area contributed by atoms with E-state index in [2.05, 4.69) is 10.4 Å². The van der Waals surface area contributed by atoms with Crippen molar-refractivity contribution in [3.63, 3.8) is 0 Å². The number of halogens is 3. The maximum atomic E-state index is 14.0. The number of rotatable bonds is 5. The average molecular weight is 678 g/mol. The molecule has 12 nitrogen and oxygen atoms in total. The van der Waals surface area contributed by atoms with Crippen molar-refractivity contribution in [2.24, 2.45) is 11.1 Å². The van der Waals surface area contributed by atoms with Gasteiger partial charge in [-0.3, -0.25) is 14.5 Å². The van der Waals surface area contributed by atoms with Gasteiger partial charge < -0.3 is 20.9 Å². The first-order valence-corrected chi connectivity index (χ1v) is 16.2. The molecule has 0 bridgehead atoms. The van der Waals surface area contributed by atoms with Crippen LogP contribution in [-0.4, -0.2) is 92.0 Å². The van der Waals surface area contributed by atoms with E-state index in [1.807, 2.05) is 13.8 Å². The number of nitrogens with zero attached hydrogens (tertiary/aromatic N) is 4. The number of hydrogen-bond acceptors (Lipinski definition) is 7. The molecule has 2 fully saturated rings. The minimum absolute atomic E-state index is 0.0330. The number of piperazine rings is 1. The monoisotopic (exact) mass is 677 g/mol. The third-order valence-electron chi connectivity index (χ3n) is 9.65. The molecule has 1 aromatic heterocycles. The number of ketones is 1. The minimum Gasteiger partial charge on any atom is -0.444 e. The summed E-state index contributed by atoms with van der Waals surface area (Å²) in [4.78, 5) is 52.1. The molecule has 2 aliphatic carbocycles. The maximum Gasteiger partial charge on any atom is 0.513 e. The largest absolute Gasteiger partial charge is 0.513 e. The minimum atomic E-state index is -4.84. The van der Waals surface area contributed by atoms with Gasteiger partial charge in [-0.15, -0.1) is 0 Å². The van der Waals surface area contributed by atoms with Gasteiger partial charge in [-0.25, -0.2) is 14.0 Å². The summed E-state index contributed by atoms with van der Waals surface area (Å²) in [5.74, 6) is -1.34. The van der Waals surface area contributed by atoms with Crippen LogP contribution < -0.4 is 11.1 Å². The highest BCUT2D eigenvalue weighted by Gasteiger charge is 2.49. The van der Waals surface area contributed by atoms with Crippen LogP contribution in [0.2, 0.25) is 0 Å². The highest BCUT2D eigenvalue weighted by atomic mass is 19.4. The molecule has 0 spiro atoms. The van der Waals surface area contributed by atoms with E-state index >= 15 is 0 Å². The van der Waals surface area contributed by atoms with Crippen LogP contribution in [-0.2, 0) is 17.3 Å². The zero-order valence-corrected chi connectivity index (χ0v) is 27.9. The van der Waals surface area contributed by atoms with Gasteiger partial charge in [0, 0.05) is 31.0 Å². The molecular formula is C33H44F3N6O6+. The molecule has 1 aliphatic heterocycles. The van der Waals surface area contributed by atoms with E-state index in [9.17, 15) is 37.5 Å². The van der Waals surface area contributed by atoms with E-state index in [1.165, 1.54) is 18.2 Å². The Morgan fingerprint density at radius 3 is 2.23 bits per heavy atom. The molecule has 15 heteroatoms. The van der Waals surface area contributed by atoms with Crippen LogP contribution in [0.5, 0.6) is 0 Å². The smallest absolute Gasteiger partial charge is 0.444 e. The van der Waals surface area contributed by atoms with Crippen molar-refractivity contribution >= 4 is 29.6 Å². The third-order valence-corrected chi connectivity index (χ3v) is 9.65. The first-order chi connectivity index (χ1) is 22.2. The molecule has 4 N–H and O–H groups in total. The number of hydrogen-bond donors (Lipinski definition) is 3.